The van der Waals surface area contributed by atoms with Crippen molar-refractivity contribution in [1.82, 2.24) is 0 Å². The zero-order valence-electron chi connectivity index (χ0n) is 20.1. The van der Waals surface area contributed by atoms with Crippen molar-refractivity contribution in [3.63, 3.8) is 0 Å². The predicted octanol–water partition coefficient (Wildman–Crippen LogP) is 5.23. The number of esters is 1. The molecule has 0 radical (unpaired) electrons. The standard InChI is InChI=1S/C22H25ClF3NO9/c1-20(2,3)14-8-16-12(7-15(14)23)6-13(17(36-16)22(24,25)26)18(28)33-11-34-19(29)32-9-21(4,5)10-35-27(30)31/h6-8,17H,9-11H2,1-5H3. The second-order valence-electron chi connectivity index (χ2n) is 9.65. The highest BCUT2D eigenvalue weighted by Crippen LogP contribution is 2.42. The van der Waals surface area contributed by atoms with Crippen molar-refractivity contribution in [2.45, 2.75) is 52.3 Å². The summed E-state index contributed by atoms with van der Waals surface area (Å²) in [5.41, 5.74) is -1.60. The van der Waals surface area contributed by atoms with Crippen molar-refractivity contribution < 1.29 is 51.6 Å². The van der Waals surface area contributed by atoms with Crippen LogP contribution in [-0.4, -0.2) is 49.5 Å². The van der Waals surface area contributed by atoms with Gasteiger partial charge in [-0.1, -0.05) is 46.2 Å². The fourth-order valence-electron chi connectivity index (χ4n) is 2.98. The van der Waals surface area contributed by atoms with Crippen molar-refractivity contribution in [3.8, 4) is 5.75 Å². The molecule has 1 aromatic carbocycles. The number of fused-ring (bicyclic) bond motifs is 1. The van der Waals surface area contributed by atoms with Crippen LogP contribution in [0.5, 0.6) is 5.75 Å². The first-order valence-corrected chi connectivity index (χ1v) is 10.8. The molecule has 14 heteroatoms. The van der Waals surface area contributed by atoms with Crippen LogP contribution < -0.4 is 4.74 Å². The lowest BCUT2D eigenvalue weighted by Gasteiger charge is -2.30. The van der Waals surface area contributed by atoms with E-state index in [4.69, 9.17) is 21.1 Å². The largest absolute Gasteiger partial charge is 0.511 e. The minimum atomic E-state index is -4.96. The molecule has 1 aliphatic rings. The van der Waals surface area contributed by atoms with Crippen molar-refractivity contribution in [2.75, 3.05) is 20.0 Å². The highest BCUT2D eigenvalue weighted by Gasteiger charge is 2.49. The molecule has 1 aliphatic heterocycles. The van der Waals surface area contributed by atoms with Gasteiger partial charge in [-0.25, -0.2) is 9.59 Å². The molecule has 0 aliphatic carbocycles. The Morgan fingerprint density at radius 2 is 1.72 bits per heavy atom. The third-order valence-corrected chi connectivity index (χ3v) is 5.10. The van der Waals surface area contributed by atoms with E-state index in [1.807, 2.05) is 20.8 Å². The van der Waals surface area contributed by atoms with Crippen molar-refractivity contribution in [2.24, 2.45) is 5.41 Å². The van der Waals surface area contributed by atoms with Gasteiger partial charge in [0.25, 0.3) is 5.09 Å². The van der Waals surface area contributed by atoms with Gasteiger partial charge in [0, 0.05) is 16.0 Å². The molecular weight excluding hydrogens is 515 g/mol. The molecule has 200 valence electrons. The van der Waals surface area contributed by atoms with Crippen LogP contribution in [0.15, 0.2) is 17.7 Å². The summed E-state index contributed by atoms with van der Waals surface area (Å²) in [6.07, 6.45) is -7.94. The minimum absolute atomic E-state index is 0.105. The molecule has 0 saturated heterocycles. The molecule has 1 atom stereocenters. The van der Waals surface area contributed by atoms with E-state index in [-0.39, 0.29) is 29.5 Å². The summed E-state index contributed by atoms with van der Waals surface area (Å²) in [5, 5.41) is 9.52. The fraction of sp³-hybridized carbons (Fsp3) is 0.545. The van der Waals surface area contributed by atoms with Crippen molar-refractivity contribution in [1.29, 1.82) is 0 Å². The zero-order chi connectivity index (χ0) is 27.5. The highest BCUT2D eigenvalue weighted by atomic mass is 35.5. The van der Waals surface area contributed by atoms with Gasteiger partial charge in [0.15, 0.2) is 0 Å². The molecule has 0 saturated carbocycles. The van der Waals surface area contributed by atoms with E-state index >= 15 is 0 Å². The molecule has 1 heterocycles. The monoisotopic (exact) mass is 539 g/mol. The second kappa shape index (κ2) is 10.8. The molecule has 0 N–H and O–H groups in total. The molecule has 0 fully saturated rings. The van der Waals surface area contributed by atoms with Gasteiger partial charge in [0.05, 0.1) is 5.57 Å². The molecule has 36 heavy (non-hydrogen) atoms. The Morgan fingerprint density at radius 1 is 1.08 bits per heavy atom. The van der Waals surface area contributed by atoms with Crippen molar-refractivity contribution >= 4 is 29.8 Å². The van der Waals surface area contributed by atoms with Gasteiger partial charge >= 0.3 is 18.3 Å². The van der Waals surface area contributed by atoms with E-state index in [2.05, 4.69) is 14.3 Å². The van der Waals surface area contributed by atoms with Gasteiger partial charge in [-0.15, -0.1) is 10.1 Å². The average molecular weight is 540 g/mol. The van der Waals surface area contributed by atoms with Gasteiger partial charge < -0.3 is 23.8 Å². The van der Waals surface area contributed by atoms with Gasteiger partial charge in [-0.3, -0.25) is 0 Å². The molecule has 1 unspecified atom stereocenters. The van der Waals surface area contributed by atoms with Crippen LogP contribution in [0.2, 0.25) is 5.02 Å². The summed E-state index contributed by atoms with van der Waals surface area (Å²) in [5.74, 6) is -1.54. The quantitative estimate of drug-likeness (QED) is 0.189. The van der Waals surface area contributed by atoms with Crippen LogP contribution in [0.3, 0.4) is 0 Å². The topological polar surface area (TPSA) is 123 Å². The number of hydrogen-bond acceptors (Lipinski definition) is 9. The lowest BCUT2D eigenvalue weighted by atomic mass is 9.85. The minimum Gasteiger partial charge on any atom is -0.475 e. The van der Waals surface area contributed by atoms with Crippen LogP contribution in [-0.2, 0) is 29.3 Å². The summed E-state index contributed by atoms with van der Waals surface area (Å²) in [4.78, 5) is 38.6. The number of alkyl halides is 3. The van der Waals surface area contributed by atoms with E-state index < -0.39 is 52.7 Å². The van der Waals surface area contributed by atoms with Gasteiger partial charge in [0.2, 0.25) is 12.9 Å². The Bertz CT molecular complexity index is 1050. The lowest BCUT2D eigenvalue weighted by molar-refractivity contribution is -0.760. The molecule has 2 rings (SSSR count). The molecule has 0 spiro atoms. The van der Waals surface area contributed by atoms with E-state index in [0.717, 1.165) is 6.08 Å². The maximum absolute atomic E-state index is 13.7. The van der Waals surface area contributed by atoms with Gasteiger partial charge in [0.1, 0.15) is 19.0 Å². The molecule has 10 nitrogen and oxygen atoms in total. The van der Waals surface area contributed by atoms with Crippen molar-refractivity contribution in [3.05, 3.63) is 44.0 Å². The highest BCUT2D eigenvalue weighted by molar-refractivity contribution is 6.31. The average Bonchev–Trinajstić information content (AvgIpc) is 2.73. The summed E-state index contributed by atoms with van der Waals surface area (Å²) < 4.78 is 60.1. The predicted molar refractivity (Wildman–Crippen MR) is 119 cm³/mol. The van der Waals surface area contributed by atoms with Gasteiger partial charge in [-0.2, -0.15) is 13.2 Å². The number of hydrogen-bond donors (Lipinski definition) is 0. The number of benzene rings is 1. The SMILES string of the molecule is CC(C)(COC(=O)OCOC(=O)C1=Cc2cc(Cl)c(C(C)(C)C)cc2OC1C(F)(F)F)CO[N+](=O)[O-]. The van der Waals surface area contributed by atoms with Crippen LogP contribution in [0.25, 0.3) is 6.08 Å². The smallest absolute Gasteiger partial charge is 0.475 e. The Balaban J connectivity index is 2.08. The lowest BCUT2D eigenvalue weighted by Crippen LogP contribution is -2.41. The van der Waals surface area contributed by atoms with E-state index in [1.54, 1.807) is 0 Å². The number of carbonyl (C=O) groups excluding carboxylic acids is 2. The summed E-state index contributed by atoms with van der Waals surface area (Å²) in [6, 6.07) is 2.78. The Morgan fingerprint density at radius 3 is 2.28 bits per heavy atom. The molecule has 0 amide bonds. The first-order chi connectivity index (χ1) is 16.4. The Kier molecular flexibility index (Phi) is 8.71. The fourth-order valence-corrected chi connectivity index (χ4v) is 3.44. The number of ether oxygens (including phenoxy) is 4. The summed E-state index contributed by atoms with van der Waals surface area (Å²) in [6.45, 7) is 6.72. The van der Waals surface area contributed by atoms with E-state index in [0.29, 0.717) is 5.56 Å². The van der Waals surface area contributed by atoms with Crippen LogP contribution >= 0.6 is 11.6 Å². The summed E-state index contributed by atoms with van der Waals surface area (Å²) in [7, 11) is 0. The maximum Gasteiger partial charge on any atom is 0.511 e. The normalized spacial score (nSPS) is 15.7. The molecule has 0 bridgehead atoms. The number of rotatable bonds is 8. The number of halogens is 4. The van der Waals surface area contributed by atoms with Crippen LogP contribution in [0, 0.1) is 15.5 Å². The third-order valence-electron chi connectivity index (χ3n) is 4.79. The first kappa shape index (κ1) is 29.0. The zero-order valence-corrected chi connectivity index (χ0v) is 20.8. The van der Waals surface area contributed by atoms with E-state index in [9.17, 15) is 32.9 Å². The Hall–Kier alpha value is -3.22. The van der Waals surface area contributed by atoms with E-state index in [1.165, 1.54) is 26.0 Å². The first-order valence-electron chi connectivity index (χ1n) is 10.4. The second-order valence-corrected chi connectivity index (χ2v) is 10.1. The number of carbonyl (C=O) groups is 2. The van der Waals surface area contributed by atoms with Crippen LogP contribution in [0.1, 0.15) is 45.7 Å². The Labute approximate surface area is 209 Å². The maximum atomic E-state index is 13.7. The molecule has 0 aromatic heterocycles. The summed E-state index contributed by atoms with van der Waals surface area (Å²) >= 11 is 6.28. The molecule has 1 aromatic rings. The van der Waals surface area contributed by atoms with Gasteiger partial charge in [-0.05, 0) is 29.2 Å². The number of nitrogens with zero attached hydrogens (tertiary/aromatic N) is 1. The van der Waals surface area contributed by atoms with Crippen LogP contribution in [0.4, 0.5) is 18.0 Å². The molecular formula is C22H25ClF3NO9. The third kappa shape index (κ3) is 7.90.